The molecule has 1 fully saturated rings. The molecule has 2 aromatic heterocycles. The second kappa shape index (κ2) is 11.0. The van der Waals surface area contributed by atoms with Gasteiger partial charge < -0.3 is 15.0 Å². The summed E-state index contributed by atoms with van der Waals surface area (Å²) < 4.78 is 6.34. The number of benzene rings is 2. The van der Waals surface area contributed by atoms with E-state index in [1.54, 1.807) is 13.3 Å². The number of halogens is 1. The van der Waals surface area contributed by atoms with Gasteiger partial charge in [-0.05, 0) is 67.6 Å². The van der Waals surface area contributed by atoms with Crippen LogP contribution < -0.4 is 10.1 Å². The van der Waals surface area contributed by atoms with E-state index in [2.05, 4.69) is 33.4 Å². The Kier molecular flexibility index (Phi) is 7.56. The van der Waals surface area contributed by atoms with Crippen LogP contribution in [0.25, 0.3) is 21.2 Å². The maximum atomic E-state index is 14.0. The number of carbonyl (C=O) groups is 1. The third-order valence-corrected chi connectivity index (χ3v) is 8.76. The molecule has 0 radical (unpaired) electrons. The van der Waals surface area contributed by atoms with E-state index in [1.165, 1.54) is 11.3 Å². The second-order valence-electron chi connectivity index (χ2n) is 9.26. The van der Waals surface area contributed by atoms with Crippen LogP contribution in [0.3, 0.4) is 0 Å². The Bertz CT molecular complexity index is 1360. The van der Waals surface area contributed by atoms with E-state index >= 15 is 0 Å². The largest absolute Gasteiger partial charge is 0.481 e. The van der Waals surface area contributed by atoms with Crippen molar-refractivity contribution >= 4 is 38.9 Å². The maximum absolute atomic E-state index is 14.0. The molecule has 2 aromatic carbocycles. The SMILES string of the molecule is CNC1CCC(N(Cc2cccc(-c3ccnc(OC)c3)c2)C(=O)c2sc3ccccc3c2Cl)CC1. The lowest BCUT2D eigenvalue weighted by atomic mass is 9.89. The molecule has 1 saturated carbocycles. The van der Waals surface area contributed by atoms with E-state index < -0.39 is 0 Å². The Morgan fingerprint density at radius 1 is 1.08 bits per heavy atom. The zero-order valence-corrected chi connectivity index (χ0v) is 22.1. The number of pyridine rings is 1. The molecule has 5 rings (SSSR count). The van der Waals surface area contributed by atoms with Gasteiger partial charge in [0.2, 0.25) is 5.88 Å². The average Bonchev–Trinajstić information content (AvgIpc) is 3.28. The predicted molar refractivity (Wildman–Crippen MR) is 148 cm³/mol. The Morgan fingerprint density at radius 2 is 1.86 bits per heavy atom. The minimum absolute atomic E-state index is 0.0186. The zero-order valence-electron chi connectivity index (χ0n) is 20.5. The van der Waals surface area contributed by atoms with Gasteiger partial charge in [-0.1, -0.05) is 48.0 Å². The molecule has 4 aromatic rings. The van der Waals surface area contributed by atoms with Crippen molar-refractivity contribution in [3.8, 4) is 17.0 Å². The Labute approximate surface area is 221 Å². The molecule has 2 heterocycles. The smallest absolute Gasteiger partial charge is 0.266 e. The molecule has 0 unspecified atom stereocenters. The number of amides is 1. The van der Waals surface area contributed by atoms with E-state index in [-0.39, 0.29) is 11.9 Å². The van der Waals surface area contributed by atoms with E-state index in [0.29, 0.717) is 28.4 Å². The van der Waals surface area contributed by atoms with Crippen molar-refractivity contribution in [2.75, 3.05) is 14.2 Å². The van der Waals surface area contributed by atoms with E-state index in [9.17, 15) is 4.79 Å². The summed E-state index contributed by atoms with van der Waals surface area (Å²) >= 11 is 8.24. The van der Waals surface area contributed by atoms with E-state index in [1.807, 2.05) is 49.5 Å². The summed E-state index contributed by atoms with van der Waals surface area (Å²) in [5.41, 5.74) is 3.19. The highest BCUT2D eigenvalue weighted by Gasteiger charge is 2.31. The number of nitrogens with one attached hydrogen (secondary N) is 1. The first kappa shape index (κ1) is 24.8. The average molecular weight is 520 g/mol. The topological polar surface area (TPSA) is 54.5 Å². The second-order valence-corrected chi connectivity index (χ2v) is 10.7. The van der Waals surface area contributed by atoms with Crippen molar-refractivity contribution in [3.05, 3.63) is 82.3 Å². The molecular formula is C29H30ClN3O2S. The number of ether oxygens (including phenoxy) is 1. The lowest BCUT2D eigenvalue weighted by Crippen LogP contribution is -2.44. The summed E-state index contributed by atoms with van der Waals surface area (Å²) in [5, 5.41) is 4.90. The quantitative estimate of drug-likeness (QED) is 0.292. The van der Waals surface area contributed by atoms with Crippen molar-refractivity contribution in [1.29, 1.82) is 0 Å². The molecule has 0 bridgehead atoms. The van der Waals surface area contributed by atoms with Crippen molar-refractivity contribution < 1.29 is 9.53 Å². The van der Waals surface area contributed by atoms with E-state index in [4.69, 9.17) is 16.3 Å². The monoisotopic (exact) mass is 519 g/mol. The van der Waals surface area contributed by atoms with Gasteiger partial charge in [-0.3, -0.25) is 4.79 Å². The molecule has 5 nitrogen and oxygen atoms in total. The molecule has 0 atom stereocenters. The minimum Gasteiger partial charge on any atom is -0.481 e. The molecule has 1 aliphatic rings. The van der Waals surface area contributed by atoms with Gasteiger partial charge in [-0.15, -0.1) is 11.3 Å². The van der Waals surface area contributed by atoms with Gasteiger partial charge in [-0.2, -0.15) is 0 Å². The van der Waals surface area contributed by atoms with Crippen LogP contribution in [0.1, 0.15) is 40.9 Å². The lowest BCUT2D eigenvalue weighted by Gasteiger charge is -2.37. The summed E-state index contributed by atoms with van der Waals surface area (Å²) in [6.07, 6.45) is 5.81. The minimum atomic E-state index is 0.0186. The number of hydrogen-bond donors (Lipinski definition) is 1. The Hall–Kier alpha value is -2.93. The Morgan fingerprint density at radius 3 is 2.61 bits per heavy atom. The predicted octanol–water partition coefficient (Wildman–Crippen LogP) is 6.80. The molecule has 0 aliphatic heterocycles. The van der Waals surface area contributed by atoms with Gasteiger partial charge >= 0.3 is 0 Å². The first-order valence-electron chi connectivity index (χ1n) is 12.3. The lowest BCUT2D eigenvalue weighted by molar-refractivity contribution is 0.0606. The number of thiophene rings is 1. The van der Waals surface area contributed by atoms with Crippen molar-refractivity contribution in [1.82, 2.24) is 15.2 Å². The molecule has 36 heavy (non-hydrogen) atoms. The van der Waals surface area contributed by atoms with Crippen LogP contribution >= 0.6 is 22.9 Å². The normalized spacial score (nSPS) is 17.8. The van der Waals surface area contributed by atoms with Gasteiger partial charge in [0.15, 0.2) is 0 Å². The van der Waals surface area contributed by atoms with Crippen LogP contribution in [0, 0.1) is 0 Å². The molecule has 186 valence electrons. The van der Waals surface area contributed by atoms with Crippen LogP contribution in [-0.2, 0) is 6.54 Å². The molecule has 0 saturated heterocycles. The number of carbonyl (C=O) groups excluding carboxylic acids is 1. The zero-order chi connectivity index (χ0) is 25.1. The molecule has 7 heteroatoms. The molecule has 1 N–H and O–H groups in total. The number of rotatable bonds is 7. The number of aromatic nitrogens is 1. The number of hydrogen-bond acceptors (Lipinski definition) is 5. The summed E-state index contributed by atoms with van der Waals surface area (Å²) in [6, 6.07) is 20.9. The van der Waals surface area contributed by atoms with Crippen LogP contribution in [0.5, 0.6) is 5.88 Å². The van der Waals surface area contributed by atoms with Gasteiger partial charge in [0.1, 0.15) is 4.88 Å². The fraction of sp³-hybridized carbons (Fsp3) is 0.310. The van der Waals surface area contributed by atoms with Gasteiger partial charge in [0.05, 0.1) is 12.1 Å². The molecule has 1 aliphatic carbocycles. The fourth-order valence-electron chi connectivity index (χ4n) is 5.07. The summed E-state index contributed by atoms with van der Waals surface area (Å²) in [6.45, 7) is 0.536. The number of fused-ring (bicyclic) bond motifs is 1. The summed E-state index contributed by atoms with van der Waals surface area (Å²) in [4.78, 5) is 20.9. The van der Waals surface area contributed by atoms with Crippen molar-refractivity contribution in [2.24, 2.45) is 0 Å². The molecular weight excluding hydrogens is 490 g/mol. The highest BCUT2D eigenvalue weighted by Crippen LogP contribution is 2.37. The highest BCUT2D eigenvalue weighted by molar-refractivity contribution is 7.21. The maximum Gasteiger partial charge on any atom is 0.266 e. The fourth-order valence-corrected chi connectivity index (χ4v) is 6.54. The molecule has 1 amide bonds. The van der Waals surface area contributed by atoms with Crippen LogP contribution in [0.2, 0.25) is 5.02 Å². The number of methoxy groups -OCH3 is 1. The Balaban J connectivity index is 1.47. The summed E-state index contributed by atoms with van der Waals surface area (Å²) in [5.74, 6) is 0.598. The standard InChI is InChI=1S/C29H30ClN3O2S/c1-31-22-10-12-23(13-11-22)33(29(34)28-27(30)24-8-3-4-9-25(24)36-28)18-19-6-5-7-20(16-19)21-14-15-32-26(17-21)35-2/h3-9,14-17,22-23,31H,10-13,18H2,1-2H3. The molecule has 0 spiro atoms. The first-order chi connectivity index (χ1) is 17.6. The van der Waals surface area contributed by atoms with Crippen LogP contribution in [0.4, 0.5) is 0 Å². The highest BCUT2D eigenvalue weighted by atomic mass is 35.5. The third-order valence-electron chi connectivity index (χ3n) is 7.09. The van der Waals surface area contributed by atoms with Crippen LogP contribution in [0.15, 0.2) is 66.9 Å². The number of nitrogens with zero attached hydrogens (tertiary/aromatic N) is 2. The van der Waals surface area contributed by atoms with Crippen molar-refractivity contribution in [3.63, 3.8) is 0 Å². The third kappa shape index (κ3) is 5.12. The van der Waals surface area contributed by atoms with Crippen LogP contribution in [-0.4, -0.2) is 42.0 Å². The first-order valence-corrected chi connectivity index (χ1v) is 13.5. The summed E-state index contributed by atoms with van der Waals surface area (Å²) in [7, 11) is 3.64. The van der Waals surface area contributed by atoms with Crippen molar-refractivity contribution in [2.45, 2.75) is 44.3 Å². The van der Waals surface area contributed by atoms with Gasteiger partial charge in [-0.25, -0.2) is 4.98 Å². The van der Waals surface area contributed by atoms with E-state index in [0.717, 1.165) is 52.5 Å². The van der Waals surface area contributed by atoms with Gasteiger partial charge in [0.25, 0.3) is 5.91 Å². The van der Waals surface area contributed by atoms with Gasteiger partial charge in [0, 0.05) is 41.0 Å².